The number of halogens is 1. The largest absolute Gasteiger partial charge is 0.336 e. The molecule has 164 valence electrons. The fourth-order valence-electron chi connectivity index (χ4n) is 3.88. The van der Waals surface area contributed by atoms with Crippen molar-refractivity contribution in [3.8, 4) is 0 Å². The number of amides is 3. The molecular formula is C21H23FN4O4S. The van der Waals surface area contributed by atoms with Crippen LogP contribution in [0.4, 0.5) is 14.9 Å². The molecule has 2 aliphatic rings. The van der Waals surface area contributed by atoms with Crippen LogP contribution in [0, 0.1) is 12.7 Å². The number of nitrogens with one attached hydrogen (secondary N) is 1. The Hall–Kier alpha value is -2.98. The fraction of sp³-hybridized carbons (Fsp3) is 0.333. The molecule has 31 heavy (non-hydrogen) atoms. The van der Waals surface area contributed by atoms with Crippen molar-refractivity contribution >= 4 is 27.6 Å². The van der Waals surface area contributed by atoms with Crippen molar-refractivity contribution in [2.75, 3.05) is 44.2 Å². The lowest BCUT2D eigenvalue weighted by Crippen LogP contribution is -2.50. The summed E-state index contributed by atoms with van der Waals surface area (Å²) in [5.41, 5.74) is 2.06. The summed E-state index contributed by atoms with van der Waals surface area (Å²) >= 11 is 0. The maximum atomic E-state index is 13.4. The first kappa shape index (κ1) is 21.3. The summed E-state index contributed by atoms with van der Waals surface area (Å²) in [5, 5.41) is 2.75. The first-order valence-electron chi connectivity index (χ1n) is 9.98. The van der Waals surface area contributed by atoms with E-state index >= 15 is 0 Å². The Morgan fingerprint density at radius 3 is 2.39 bits per heavy atom. The van der Waals surface area contributed by atoms with Gasteiger partial charge in [-0.15, -0.1) is 0 Å². The van der Waals surface area contributed by atoms with Crippen molar-refractivity contribution < 1.29 is 22.4 Å². The first-order chi connectivity index (χ1) is 14.8. The second kappa shape index (κ2) is 8.27. The van der Waals surface area contributed by atoms with E-state index in [0.29, 0.717) is 18.7 Å². The summed E-state index contributed by atoms with van der Waals surface area (Å²) in [5.74, 6) is -0.802. The first-order valence-corrected chi connectivity index (χ1v) is 11.4. The van der Waals surface area contributed by atoms with Crippen LogP contribution in [-0.2, 0) is 10.0 Å². The number of nitrogens with zero attached hydrogens (tertiary/aromatic N) is 3. The lowest BCUT2D eigenvalue weighted by molar-refractivity contribution is 0.0698. The fourth-order valence-corrected chi connectivity index (χ4v) is 5.34. The molecule has 2 aliphatic heterocycles. The van der Waals surface area contributed by atoms with Crippen molar-refractivity contribution in [2.24, 2.45) is 0 Å². The summed E-state index contributed by atoms with van der Waals surface area (Å²) in [6.07, 6.45) is 0. The zero-order valence-corrected chi connectivity index (χ0v) is 17.9. The van der Waals surface area contributed by atoms with Crippen LogP contribution in [0.25, 0.3) is 0 Å². The molecule has 4 rings (SSSR count). The average Bonchev–Trinajstić information content (AvgIpc) is 3.19. The second-order valence-electron chi connectivity index (χ2n) is 7.54. The van der Waals surface area contributed by atoms with Gasteiger partial charge >= 0.3 is 6.03 Å². The molecule has 0 bridgehead atoms. The highest BCUT2D eigenvalue weighted by Gasteiger charge is 2.31. The Bertz CT molecular complexity index is 1130. The molecule has 10 heteroatoms. The number of carbonyl (C=O) groups is 2. The molecule has 2 fully saturated rings. The van der Waals surface area contributed by atoms with Gasteiger partial charge in [-0.25, -0.2) is 17.6 Å². The summed E-state index contributed by atoms with van der Waals surface area (Å²) in [4.78, 5) is 28.0. The van der Waals surface area contributed by atoms with Crippen molar-refractivity contribution in [1.82, 2.24) is 14.5 Å². The standard InChI is InChI=1S/C21H23FN4O4S/c1-15-13-16(5-6-19(15)26-8-7-23-21(26)28)20(27)24-9-11-25(12-10-24)31(29,30)18-4-2-3-17(22)14-18/h2-6,13-14H,7-12H2,1H3,(H,23,28). The molecule has 0 spiro atoms. The highest BCUT2D eigenvalue weighted by molar-refractivity contribution is 7.89. The maximum absolute atomic E-state index is 13.4. The van der Waals surface area contributed by atoms with Crippen LogP contribution in [0.15, 0.2) is 47.4 Å². The van der Waals surface area contributed by atoms with Crippen LogP contribution < -0.4 is 10.2 Å². The Kier molecular flexibility index (Phi) is 5.67. The van der Waals surface area contributed by atoms with E-state index in [4.69, 9.17) is 0 Å². The van der Waals surface area contributed by atoms with Crippen molar-refractivity contribution in [3.05, 3.63) is 59.4 Å². The van der Waals surface area contributed by atoms with Crippen LogP contribution in [0.5, 0.6) is 0 Å². The molecule has 1 N–H and O–H groups in total. The maximum Gasteiger partial charge on any atom is 0.322 e. The molecular weight excluding hydrogens is 423 g/mol. The third-order valence-corrected chi connectivity index (χ3v) is 7.45. The number of benzene rings is 2. The van der Waals surface area contributed by atoms with Gasteiger partial charge in [0.05, 0.1) is 4.90 Å². The second-order valence-corrected chi connectivity index (χ2v) is 9.48. The van der Waals surface area contributed by atoms with E-state index in [1.807, 2.05) is 6.92 Å². The number of anilines is 1. The van der Waals surface area contributed by atoms with Gasteiger partial charge in [-0.1, -0.05) is 6.07 Å². The van der Waals surface area contributed by atoms with Gasteiger partial charge in [0.2, 0.25) is 10.0 Å². The van der Waals surface area contributed by atoms with E-state index in [2.05, 4.69) is 5.32 Å². The van der Waals surface area contributed by atoms with Gasteiger partial charge in [-0.05, 0) is 48.9 Å². The molecule has 0 aromatic heterocycles. The van der Waals surface area contributed by atoms with Gasteiger partial charge in [0.1, 0.15) is 5.82 Å². The van der Waals surface area contributed by atoms with E-state index in [-0.39, 0.29) is 43.0 Å². The van der Waals surface area contributed by atoms with Crippen molar-refractivity contribution in [2.45, 2.75) is 11.8 Å². The van der Waals surface area contributed by atoms with Crippen LogP contribution in [0.1, 0.15) is 15.9 Å². The average molecular weight is 447 g/mol. The Balaban J connectivity index is 1.44. The number of rotatable bonds is 4. The number of hydrogen-bond donors (Lipinski definition) is 1. The normalized spacial score (nSPS) is 17.7. The SMILES string of the molecule is Cc1cc(C(=O)N2CCN(S(=O)(=O)c3cccc(F)c3)CC2)ccc1N1CCNC1=O. The summed E-state index contributed by atoms with van der Waals surface area (Å²) in [6, 6.07) is 9.96. The third kappa shape index (κ3) is 4.13. The van der Waals surface area contributed by atoms with E-state index in [9.17, 15) is 22.4 Å². The van der Waals surface area contributed by atoms with E-state index in [0.717, 1.165) is 17.3 Å². The molecule has 0 saturated carbocycles. The third-order valence-electron chi connectivity index (χ3n) is 5.55. The number of piperazine rings is 1. The highest BCUT2D eigenvalue weighted by atomic mass is 32.2. The lowest BCUT2D eigenvalue weighted by atomic mass is 10.1. The molecule has 0 radical (unpaired) electrons. The molecule has 0 aliphatic carbocycles. The minimum atomic E-state index is -3.81. The predicted octanol–water partition coefficient (Wildman–Crippen LogP) is 1.81. The molecule has 8 nitrogen and oxygen atoms in total. The van der Waals surface area contributed by atoms with Gasteiger partial charge in [0.25, 0.3) is 5.91 Å². The summed E-state index contributed by atoms with van der Waals surface area (Å²) in [7, 11) is -3.81. The predicted molar refractivity (Wildman–Crippen MR) is 113 cm³/mol. The molecule has 2 aromatic rings. The molecule has 0 unspecified atom stereocenters. The van der Waals surface area contributed by atoms with Gasteiger partial charge in [0, 0.05) is 50.5 Å². The number of hydrogen-bond acceptors (Lipinski definition) is 4. The number of aryl methyl sites for hydroxylation is 1. The number of urea groups is 1. The van der Waals surface area contributed by atoms with E-state index in [1.165, 1.54) is 22.5 Å². The molecule has 0 atom stereocenters. The molecule has 2 saturated heterocycles. The van der Waals surface area contributed by atoms with E-state index in [1.54, 1.807) is 28.0 Å². The lowest BCUT2D eigenvalue weighted by Gasteiger charge is -2.34. The highest BCUT2D eigenvalue weighted by Crippen LogP contribution is 2.24. The summed E-state index contributed by atoms with van der Waals surface area (Å²) in [6.45, 7) is 3.76. The minimum Gasteiger partial charge on any atom is -0.336 e. The van der Waals surface area contributed by atoms with E-state index < -0.39 is 15.8 Å². The van der Waals surface area contributed by atoms with Crippen LogP contribution in [0.3, 0.4) is 0 Å². The van der Waals surface area contributed by atoms with Gasteiger partial charge in [0.15, 0.2) is 0 Å². The van der Waals surface area contributed by atoms with Gasteiger partial charge in [-0.3, -0.25) is 9.69 Å². The Morgan fingerprint density at radius 2 is 1.77 bits per heavy atom. The smallest absolute Gasteiger partial charge is 0.322 e. The van der Waals surface area contributed by atoms with Gasteiger partial charge in [-0.2, -0.15) is 4.31 Å². The zero-order chi connectivity index (χ0) is 22.2. The van der Waals surface area contributed by atoms with Crippen LogP contribution in [-0.4, -0.2) is 68.8 Å². The molecule has 2 aromatic carbocycles. The minimum absolute atomic E-state index is 0.0931. The number of carbonyl (C=O) groups excluding carboxylic acids is 2. The van der Waals surface area contributed by atoms with Crippen molar-refractivity contribution in [3.63, 3.8) is 0 Å². The molecule has 2 heterocycles. The summed E-state index contributed by atoms with van der Waals surface area (Å²) < 4.78 is 40.2. The van der Waals surface area contributed by atoms with Crippen LogP contribution in [0.2, 0.25) is 0 Å². The Labute approximate surface area is 180 Å². The number of sulfonamides is 1. The Morgan fingerprint density at radius 1 is 1.03 bits per heavy atom. The molecule has 3 amide bonds. The van der Waals surface area contributed by atoms with Crippen LogP contribution >= 0.6 is 0 Å². The monoisotopic (exact) mass is 446 g/mol. The van der Waals surface area contributed by atoms with Gasteiger partial charge < -0.3 is 10.2 Å². The zero-order valence-electron chi connectivity index (χ0n) is 17.0. The topological polar surface area (TPSA) is 90.0 Å². The van der Waals surface area contributed by atoms with Crippen molar-refractivity contribution in [1.29, 1.82) is 0 Å². The quantitative estimate of drug-likeness (QED) is 0.776.